The molecule has 0 heterocycles. The largest absolute Gasteiger partial charge is 0.388 e. The maximum atomic E-state index is 10.2. The fourth-order valence-corrected chi connectivity index (χ4v) is 2.59. The number of rotatable bonds is 7. The van der Waals surface area contributed by atoms with E-state index >= 15 is 0 Å². The Morgan fingerprint density at radius 3 is 2.74 bits per heavy atom. The average Bonchev–Trinajstić information content (AvgIpc) is 3.11. The van der Waals surface area contributed by atoms with Crippen LogP contribution in [0.4, 0.5) is 0 Å². The fraction of sp³-hybridized carbons (Fsp3) is 0.625. The molecule has 19 heavy (non-hydrogen) atoms. The van der Waals surface area contributed by atoms with Crippen molar-refractivity contribution in [3.8, 4) is 0 Å². The lowest BCUT2D eigenvalue weighted by atomic mass is 10.1. The summed E-state index contributed by atoms with van der Waals surface area (Å²) in [5, 5.41) is 13.6. The van der Waals surface area contributed by atoms with Crippen LogP contribution in [0.1, 0.15) is 36.8 Å². The summed E-state index contributed by atoms with van der Waals surface area (Å²) in [6.07, 6.45) is 2.68. The normalized spacial score (nSPS) is 18.6. The predicted molar refractivity (Wildman–Crippen MR) is 79.3 cm³/mol. The van der Waals surface area contributed by atoms with Gasteiger partial charge in [0.2, 0.25) is 0 Å². The highest BCUT2D eigenvalue weighted by Crippen LogP contribution is 2.40. The smallest absolute Gasteiger partial charge is 0.0869 e. The first-order valence-electron chi connectivity index (χ1n) is 7.13. The number of benzene rings is 1. The summed E-state index contributed by atoms with van der Waals surface area (Å²) in [6.45, 7) is 3.98. The van der Waals surface area contributed by atoms with E-state index in [1.54, 1.807) is 0 Å². The molecule has 2 rings (SSSR count). The molecule has 0 aromatic heterocycles. The van der Waals surface area contributed by atoms with E-state index in [1.807, 2.05) is 25.9 Å². The Hall–Kier alpha value is -0.900. The Morgan fingerprint density at radius 1 is 1.37 bits per heavy atom. The van der Waals surface area contributed by atoms with E-state index in [9.17, 15) is 5.11 Å². The molecule has 1 aliphatic rings. The molecule has 1 fully saturated rings. The molecule has 0 radical (unpaired) electrons. The molecule has 2 N–H and O–H groups in total. The molecule has 1 aromatic rings. The molecule has 1 aromatic carbocycles. The number of likely N-dealkylation sites (N-methyl/N-ethyl adjacent to an activating group) is 1. The zero-order valence-corrected chi connectivity index (χ0v) is 12.3. The van der Waals surface area contributed by atoms with Crippen LogP contribution in [0.15, 0.2) is 24.3 Å². The van der Waals surface area contributed by atoms with Crippen molar-refractivity contribution in [1.82, 2.24) is 10.2 Å². The van der Waals surface area contributed by atoms with Crippen molar-refractivity contribution < 1.29 is 5.11 Å². The van der Waals surface area contributed by atoms with Crippen LogP contribution in [0, 0.1) is 0 Å². The lowest BCUT2D eigenvalue weighted by Crippen LogP contribution is -2.45. The molecule has 3 nitrogen and oxygen atoms in total. The van der Waals surface area contributed by atoms with Crippen molar-refractivity contribution in [3.05, 3.63) is 35.4 Å². The SMILES string of the molecule is CN(C)CC(C)(O)CNCc1cccc(C2CC2)c1. The lowest BCUT2D eigenvalue weighted by molar-refractivity contribution is 0.0336. The van der Waals surface area contributed by atoms with Crippen molar-refractivity contribution >= 4 is 0 Å². The predicted octanol–water partition coefficient (Wildman–Crippen LogP) is 1.97. The van der Waals surface area contributed by atoms with Crippen LogP contribution in [0.2, 0.25) is 0 Å². The molecule has 1 aliphatic carbocycles. The molecule has 1 saturated carbocycles. The molecular formula is C16H26N2O. The molecule has 3 heteroatoms. The van der Waals surface area contributed by atoms with Crippen LogP contribution in [-0.4, -0.2) is 42.8 Å². The highest BCUT2D eigenvalue weighted by atomic mass is 16.3. The zero-order valence-electron chi connectivity index (χ0n) is 12.3. The summed E-state index contributed by atoms with van der Waals surface area (Å²) in [5.41, 5.74) is 2.10. The van der Waals surface area contributed by atoms with Crippen LogP contribution in [-0.2, 0) is 6.54 Å². The molecular weight excluding hydrogens is 236 g/mol. The topological polar surface area (TPSA) is 35.5 Å². The van der Waals surface area contributed by atoms with E-state index in [0.717, 1.165) is 12.5 Å². The van der Waals surface area contributed by atoms with Gasteiger partial charge in [0.15, 0.2) is 0 Å². The Bertz CT molecular complexity index is 411. The lowest BCUT2D eigenvalue weighted by Gasteiger charge is -2.27. The van der Waals surface area contributed by atoms with Crippen LogP contribution < -0.4 is 5.32 Å². The van der Waals surface area contributed by atoms with Gasteiger partial charge in [-0.3, -0.25) is 0 Å². The first kappa shape index (κ1) is 14.5. The summed E-state index contributed by atoms with van der Waals surface area (Å²) < 4.78 is 0. The van der Waals surface area contributed by atoms with Gasteiger partial charge in [-0.05, 0) is 50.9 Å². The minimum atomic E-state index is -0.683. The van der Waals surface area contributed by atoms with E-state index in [0.29, 0.717) is 13.1 Å². The fourth-order valence-electron chi connectivity index (χ4n) is 2.59. The maximum Gasteiger partial charge on any atom is 0.0869 e. The van der Waals surface area contributed by atoms with Crippen molar-refractivity contribution in [2.45, 2.75) is 37.8 Å². The molecule has 0 spiro atoms. The van der Waals surface area contributed by atoms with Crippen molar-refractivity contribution in [3.63, 3.8) is 0 Å². The van der Waals surface area contributed by atoms with Gasteiger partial charge in [-0.2, -0.15) is 0 Å². The summed E-state index contributed by atoms with van der Waals surface area (Å²) in [4.78, 5) is 2.01. The van der Waals surface area contributed by atoms with Crippen molar-refractivity contribution in [1.29, 1.82) is 0 Å². The number of nitrogens with zero attached hydrogens (tertiary/aromatic N) is 1. The van der Waals surface area contributed by atoms with Gasteiger partial charge in [-0.25, -0.2) is 0 Å². The zero-order chi connectivity index (χ0) is 13.9. The quantitative estimate of drug-likeness (QED) is 0.788. The monoisotopic (exact) mass is 262 g/mol. The minimum absolute atomic E-state index is 0.610. The average molecular weight is 262 g/mol. The Labute approximate surface area is 116 Å². The van der Waals surface area contributed by atoms with Crippen LogP contribution in [0.25, 0.3) is 0 Å². The van der Waals surface area contributed by atoms with Gasteiger partial charge in [0.25, 0.3) is 0 Å². The van der Waals surface area contributed by atoms with Crippen LogP contribution >= 0.6 is 0 Å². The third kappa shape index (κ3) is 4.94. The summed E-state index contributed by atoms with van der Waals surface area (Å²) in [6, 6.07) is 8.82. The standard InChI is InChI=1S/C16H26N2O/c1-16(19,12-18(2)3)11-17-10-13-5-4-6-15(9-13)14-7-8-14/h4-6,9,14,17,19H,7-8,10-12H2,1-3H3. The summed E-state index contributed by atoms with van der Waals surface area (Å²) in [7, 11) is 3.96. The highest BCUT2D eigenvalue weighted by molar-refractivity contribution is 5.29. The van der Waals surface area contributed by atoms with Gasteiger partial charge >= 0.3 is 0 Å². The van der Waals surface area contributed by atoms with Gasteiger partial charge in [-0.1, -0.05) is 24.3 Å². The van der Waals surface area contributed by atoms with Crippen molar-refractivity contribution in [2.75, 3.05) is 27.2 Å². The van der Waals surface area contributed by atoms with Gasteiger partial charge in [0.1, 0.15) is 0 Å². The van der Waals surface area contributed by atoms with E-state index in [-0.39, 0.29) is 0 Å². The highest BCUT2D eigenvalue weighted by Gasteiger charge is 2.23. The number of nitrogens with one attached hydrogen (secondary N) is 1. The Kier molecular flexibility index (Phi) is 4.61. The third-order valence-corrected chi connectivity index (χ3v) is 3.49. The third-order valence-electron chi connectivity index (χ3n) is 3.49. The Morgan fingerprint density at radius 2 is 2.11 bits per heavy atom. The van der Waals surface area contributed by atoms with Crippen molar-refractivity contribution in [2.24, 2.45) is 0 Å². The molecule has 0 amide bonds. The van der Waals surface area contributed by atoms with E-state index < -0.39 is 5.60 Å². The summed E-state index contributed by atoms with van der Waals surface area (Å²) >= 11 is 0. The van der Waals surface area contributed by atoms with Gasteiger partial charge in [-0.15, -0.1) is 0 Å². The molecule has 0 aliphatic heterocycles. The second kappa shape index (κ2) is 6.04. The minimum Gasteiger partial charge on any atom is -0.388 e. The second-order valence-electron chi connectivity index (χ2n) is 6.36. The number of hydrogen-bond acceptors (Lipinski definition) is 3. The molecule has 0 bridgehead atoms. The molecule has 0 saturated heterocycles. The Balaban J connectivity index is 1.80. The van der Waals surface area contributed by atoms with Crippen LogP contribution in [0.5, 0.6) is 0 Å². The van der Waals surface area contributed by atoms with Gasteiger partial charge in [0.05, 0.1) is 5.60 Å². The van der Waals surface area contributed by atoms with Gasteiger partial charge < -0.3 is 15.3 Å². The van der Waals surface area contributed by atoms with E-state index in [2.05, 4.69) is 29.6 Å². The molecule has 106 valence electrons. The molecule has 1 atom stereocenters. The van der Waals surface area contributed by atoms with Crippen LogP contribution in [0.3, 0.4) is 0 Å². The second-order valence-corrected chi connectivity index (χ2v) is 6.36. The van der Waals surface area contributed by atoms with E-state index in [1.165, 1.54) is 24.0 Å². The first-order valence-corrected chi connectivity index (χ1v) is 7.13. The summed E-state index contributed by atoms with van der Waals surface area (Å²) in [5.74, 6) is 0.803. The first-order chi connectivity index (χ1) is 8.96. The maximum absolute atomic E-state index is 10.2. The number of hydrogen-bond donors (Lipinski definition) is 2. The number of aliphatic hydroxyl groups is 1. The van der Waals surface area contributed by atoms with Gasteiger partial charge in [0, 0.05) is 19.6 Å². The molecule has 1 unspecified atom stereocenters. The van der Waals surface area contributed by atoms with E-state index in [4.69, 9.17) is 0 Å².